The van der Waals surface area contributed by atoms with Crippen LogP contribution in [0.1, 0.15) is 22.3 Å². The van der Waals surface area contributed by atoms with Gasteiger partial charge in [0.15, 0.2) is 0 Å². The Bertz CT molecular complexity index is 1810. The number of hydrogen-bond acceptors (Lipinski definition) is 0. The Kier molecular flexibility index (Phi) is 11.8. The van der Waals surface area contributed by atoms with Gasteiger partial charge < -0.3 is 0 Å². The molecule has 0 heterocycles. The molecule has 0 N–H and O–H groups in total. The molecule has 0 unspecified atom stereocenters. The van der Waals surface area contributed by atoms with Crippen molar-refractivity contribution in [1.29, 1.82) is 0 Å². The zero-order valence-electron chi connectivity index (χ0n) is 25.4. The summed E-state index contributed by atoms with van der Waals surface area (Å²) in [5.41, 5.74) is 4.38. The molecule has 0 saturated carbocycles. The second-order valence-electron chi connectivity index (χ2n) is 11.1. The minimum Gasteiger partial charge on any atom is -0.166 e. The standard InChI is InChI=1S/2C17H12F3.C2H6Si.2ClH.Hf/c2*1-11-9-13-3-2-4-15(16(13)10-11)12-5-7-14(8-6-12)17(18,19)20;1-3-2;;;/h2*2-10H,1H3;1-2H3;2*1H;/q2*-1;;;;+2/p-2. The topological polar surface area (TPSA) is 0 Å². The van der Waals surface area contributed by atoms with Crippen LogP contribution >= 0.6 is 17.2 Å². The summed E-state index contributed by atoms with van der Waals surface area (Å²) in [5, 5.41) is 4.37. The normalized spacial score (nSPS) is 11.5. The number of hydrogen-bond donors (Lipinski definition) is 0. The van der Waals surface area contributed by atoms with Crippen LogP contribution in [0.15, 0.2) is 109 Å². The minimum absolute atomic E-state index is 0.208. The fraction of sp³-hybridized carbons (Fsp3) is 0.167. The first-order chi connectivity index (χ1) is 21.5. The van der Waals surface area contributed by atoms with E-state index in [-0.39, 0.29) is 5.49 Å². The van der Waals surface area contributed by atoms with Gasteiger partial charge in [-0.1, -0.05) is 61.4 Å². The maximum Gasteiger partial charge on any atom is 0.416 e. The van der Waals surface area contributed by atoms with Crippen LogP contribution in [0.4, 0.5) is 26.3 Å². The quantitative estimate of drug-likeness (QED) is 0.0925. The van der Waals surface area contributed by atoms with Crippen molar-refractivity contribution in [3.8, 4) is 22.3 Å². The van der Waals surface area contributed by atoms with Crippen LogP contribution in [0.25, 0.3) is 43.8 Å². The molecule has 0 aliphatic rings. The number of halogens is 8. The molecular weight excluding hydrogens is 824 g/mol. The van der Waals surface area contributed by atoms with Crippen LogP contribution in [0.2, 0.25) is 13.1 Å². The van der Waals surface area contributed by atoms with E-state index in [1.54, 1.807) is 0 Å². The molecule has 0 aliphatic heterocycles. The zero-order valence-corrected chi connectivity index (χ0v) is 31.5. The molecule has 6 aromatic carbocycles. The molecule has 0 atom stereocenters. The summed E-state index contributed by atoms with van der Waals surface area (Å²) in [6.45, 7) is 8.37. The van der Waals surface area contributed by atoms with Crippen LogP contribution in [-0.2, 0) is 30.0 Å². The molecule has 0 aliphatic carbocycles. The van der Waals surface area contributed by atoms with E-state index in [0.717, 1.165) is 79.2 Å². The number of rotatable bonds is 2. The number of benzene rings is 4. The summed E-state index contributed by atoms with van der Waals surface area (Å²) in [7, 11) is 11.3. The first-order valence-corrected chi connectivity index (χ1v) is 31.0. The molecule has 10 heteroatoms. The Morgan fingerprint density at radius 1 is 0.565 bits per heavy atom. The van der Waals surface area contributed by atoms with Crippen LogP contribution in [0, 0.1) is 13.8 Å². The molecular formula is C36H30Cl2F6HfSi-2. The van der Waals surface area contributed by atoms with Gasteiger partial charge in [-0.2, -0.15) is 38.5 Å². The summed E-state index contributed by atoms with van der Waals surface area (Å²) in [4.78, 5) is 0. The Balaban J connectivity index is 0.000000178. The molecule has 0 spiro atoms. The summed E-state index contributed by atoms with van der Waals surface area (Å²) < 4.78 is 75.5. The third-order valence-corrected chi connectivity index (χ3v) is 34.7. The molecule has 0 saturated heterocycles. The second-order valence-corrected chi connectivity index (χ2v) is 42.8. The fourth-order valence-electron chi connectivity index (χ4n) is 4.95. The van der Waals surface area contributed by atoms with Crippen molar-refractivity contribution < 1.29 is 44.0 Å². The van der Waals surface area contributed by atoms with E-state index in [2.05, 4.69) is 37.4 Å². The van der Waals surface area contributed by atoms with Crippen molar-refractivity contribution >= 4 is 44.2 Å². The average molecular weight is 854 g/mol. The Hall–Kier alpha value is -2.65. The predicted octanol–water partition coefficient (Wildman–Crippen LogP) is 13.3. The van der Waals surface area contributed by atoms with Gasteiger partial charge in [-0.15, -0.1) is 69.1 Å². The fourth-order valence-corrected chi connectivity index (χ4v) is 4.95. The maximum absolute atomic E-state index is 12.6. The maximum atomic E-state index is 12.6. The van der Waals surface area contributed by atoms with Crippen LogP contribution in [-0.4, -0.2) is 5.49 Å². The summed E-state index contributed by atoms with van der Waals surface area (Å²) in [6, 6.07) is 30.6. The molecule has 46 heavy (non-hydrogen) atoms. The van der Waals surface area contributed by atoms with Gasteiger partial charge in [0.25, 0.3) is 0 Å². The van der Waals surface area contributed by atoms with Crippen molar-refractivity contribution in [3.05, 3.63) is 131 Å². The molecule has 240 valence electrons. The Labute approximate surface area is 279 Å². The van der Waals surface area contributed by atoms with Gasteiger partial charge in [-0.05, 0) is 35.4 Å². The van der Waals surface area contributed by atoms with Crippen molar-refractivity contribution in [2.45, 2.75) is 39.3 Å². The van der Waals surface area contributed by atoms with E-state index >= 15 is 0 Å². The van der Waals surface area contributed by atoms with Crippen LogP contribution in [0.3, 0.4) is 0 Å². The molecule has 0 fully saturated rings. The summed E-state index contributed by atoms with van der Waals surface area (Å²) in [5.74, 6) is 0. The molecule has 0 amide bonds. The van der Waals surface area contributed by atoms with E-state index < -0.39 is 41.2 Å². The first-order valence-electron chi connectivity index (χ1n) is 14.2. The third-order valence-electron chi connectivity index (χ3n) is 7.21. The first kappa shape index (κ1) is 36.2. The Morgan fingerprint density at radius 3 is 1.17 bits per heavy atom. The van der Waals surface area contributed by atoms with Gasteiger partial charge in [-0.3, -0.25) is 0 Å². The van der Waals surface area contributed by atoms with Crippen LogP contribution < -0.4 is 0 Å². The smallest absolute Gasteiger partial charge is 0.166 e. The van der Waals surface area contributed by atoms with Gasteiger partial charge in [0.05, 0.1) is 11.1 Å². The van der Waals surface area contributed by atoms with Crippen molar-refractivity contribution in [2.75, 3.05) is 0 Å². The largest absolute Gasteiger partial charge is 0.416 e. The third kappa shape index (κ3) is 9.24. The summed E-state index contributed by atoms with van der Waals surface area (Å²) >= 11 is -1.78. The van der Waals surface area contributed by atoms with E-state index in [1.807, 2.05) is 50.2 Å². The predicted molar refractivity (Wildman–Crippen MR) is 179 cm³/mol. The van der Waals surface area contributed by atoms with Crippen LogP contribution in [0.5, 0.6) is 0 Å². The molecule has 0 radical (unpaired) electrons. The molecule has 6 aromatic rings. The van der Waals surface area contributed by atoms with E-state index in [4.69, 9.17) is 17.2 Å². The molecule has 0 aromatic heterocycles. The summed E-state index contributed by atoms with van der Waals surface area (Å²) in [6.07, 6.45) is -8.58. The molecule has 0 bridgehead atoms. The van der Waals surface area contributed by atoms with Gasteiger partial charge in [-0.25, -0.2) is 0 Å². The number of aryl methyl sites for hydroxylation is 2. The molecule has 0 nitrogen and oxygen atoms in total. The minimum atomic E-state index is -4.29. The Morgan fingerprint density at radius 2 is 0.891 bits per heavy atom. The average Bonchev–Trinajstić information content (AvgIpc) is 3.57. The number of alkyl halides is 6. The van der Waals surface area contributed by atoms with Gasteiger partial charge in [0.1, 0.15) is 0 Å². The van der Waals surface area contributed by atoms with Gasteiger partial charge >= 0.3 is 65.8 Å². The number of fused-ring (bicyclic) bond motifs is 2. The second kappa shape index (κ2) is 15.1. The van der Waals surface area contributed by atoms with Crippen molar-refractivity contribution in [2.24, 2.45) is 0 Å². The zero-order chi connectivity index (χ0) is 33.8. The monoisotopic (exact) mass is 854 g/mol. The van der Waals surface area contributed by atoms with Crippen molar-refractivity contribution in [3.63, 3.8) is 0 Å². The van der Waals surface area contributed by atoms with E-state index in [1.165, 1.54) is 24.3 Å². The molecule has 6 rings (SSSR count). The van der Waals surface area contributed by atoms with E-state index in [9.17, 15) is 26.3 Å². The van der Waals surface area contributed by atoms with Gasteiger partial charge in [0.2, 0.25) is 0 Å². The van der Waals surface area contributed by atoms with Crippen molar-refractivity contribution in [1.82, 2.24) is 0 Å². The SMILES string of the molecule is C[Si](C)=[Hf]([Cl])[Cl].Cc1cc2c(-c3ccc(C(F)(F)F)cc3)cccc2[cH-]1.Cc1cc2c(-c3ccc(C(F)(F)F)cc3)cccc2[cH-]1. The van der Waals surface area contributed by atoms with E-state index in [0.29, 0.717) is 0 Å². The van der Waals surface area contributed by atoms with Gasteiger partial charge in [0, 0.05) is 0 Å².